The van der Waals surface area contributed by atoms with E-state index >= 15 is 0 Å². The number of nitrogens with one attached hydrogen (secondary N) is 3. The summed E-state index contributed by atoms with van der Waals surface area (Å²) in [6, 6.07) is 9.41. The Morgan fingerprint density at radius 1 is 1.17 bits per heavy atom. The molecule has 23 heavy (non-hydrogen) atoms. The molecule has 0 saturated carbocycles. The third kappa shape index (κ3) is 3.84. The van der Waals surface area contributed by atoms with Gasteiger partial charge in [-0.25, -0.2) is 0 Å². The molecule has 1 fully saturated rings. The van der Waals surface area contributed by atoms with Crippen LogP contribution < -0.4 is 16.0 Å². The molecule has 3 rings (SSSR count). The molecule has 1 aliphatic rings. The lowest BCUT2D eigenvalue weighted by Crippen LogP contribution is -2.41. The van der Waals surface area contributed by atoms with E-state index in [4.69, 9.17) is 0 Å². The average molecular weight is 312 g/mol. The summed E-state index contributed by atoms with van der Waals surface area (Å²) >= 11 is 0. The number of para-hydroxylation sites is 1. The number of nitrogens with zero attached hydrogens (tertiary/aromatic N) is 1. The van der Waals surface area contributed by atoms with Gasteiger partial charge in [0.15, 0.2) is 0 Å². The molecule has 6 nitrogen and oxygen atoms in total. The molecule has 0 spiro atoms. The number of fused-ring (bicyclic) bond motifs is 1. The van der Waals surface area contributed by atoms with Crippen LogP contribution in [0.5, 0.6) is 0 Å². The Hall–Kier alpha value is -2.47. The van der Waals surface area contributed by atoms with Crippen molar-refractivity contribution in [2.45, 2.75) is 12.8 Å². The highest BCUT2D eigenvalue weighted by Gasteiger charge is 2.21. The zero-order valence-electron chi connectivity index (χ0n) is 12.8. The summed E-state index contributed by atoms with van der Waals surface area (Å²) in [4.78, 5) is 28.4. The number of carbonyl (C=O) groups is 2. The number of piperidine rings is 1. The molecular formula is C17H20N4O2. The minimum atomic E-state index is -0.245. The number of amides is 2. The maximum Gasteiger partial charge on any atom is 0.243 e. The fraction of sp³-hybridized carbons (Fsp3) is 0.353. The van der Waals surface area contributed by atoms with Crippen LogP contribution in [-0.2, 0) is 9.59 Å². The predicted octanol–water partition coefficient (Wildman–Crippen LogP) is 1.29. The van der Waals surface area contributed by atoms with Crippen molar-refractivity contribution in [3.8, 4) is 0 Å². The summed E-state index contributed by atoms with van der Waals surface area (Å²) in [5.74, 6) is -0.286. The molecule has 1 aromatic heterocycles. The summed E-state index contributed by atoms with van der Waals surface area (Å²) < 4.78 is 0. The fourth-order valence-corrected chi connectivity index (χ4v) is 2.80. The van der Waals surface area contributed by atoms with E-state index in [1.807, 2.05) is 30.3 Å². The van der Waals surface area contributed by atoms with E-state index < -0.39 is 0 Å². The van der Waals surface area contributed by atoms with Gasteiger partial charge in [0, 0.05) is 17.5 Å². The highest BCUT2D eigenvalue weighted by atomic mass is 16.2. The summed E-state index contributed by atoms with van der Waals surface area (Å²) in [5.41, 5.74) is 1.40. The number of pyridine rings is 1. The second-order valence-corrected chi connectivity index (χ2v) is 5.67. The van der Waals surface area contributed by atoms with Crippen LogP contribution in [0.25, 0.3) is 10.9 Å². The standard InChI is InChI=1S/C17H20N4O2/c22-15(11-20-17(23)13-6-9-18-10-7-13)21-14-5-1-3-12-4-2-8-19-16(12)14/h1-5,8,13,18H,6-7,9-11H2,(H,20,23)(H,21,22). The molecule has 6 heteroatoms. The maximum atomic E-state index is 12.1. The van der Waals surface area contributed by atoms with Crippen LogP contribution in [0, 0.1) is 5.92 Å². The Morgan fingerprint density at radius 3 is 2.78 bits per heavy atom. The Labute approximate surface area is 134 Å². The normalized spacial score (nSPS) is 15.3. The molecule has 0 atom stereocenters. The van der Waals surface area contributed by atoms with Crippen molar-refractivity contribution >= 4 is 28.4 Å². The molecule has 0 unspecified atom stereocenters. The van der Waals surface area contributed by atoms with E-state index in [1.54, 1.807) is 6.20 Å². The number of rotatable bonds is 4. The van der Waals surface area contributed by atoms with Gasteiger partial charge in [0.1, 0.15) is 0 Å². The summed E-state index contributed by atoms with van der Waals surface area (Å²) in [5, 5.41) is 9.72. The minimum absolute atomic E-state index is 0.00303. The van der Waals surface area contributed by atoms with Crippen LogP contribution in [0.2, 0.25) is 0 Å². The Balaban J connectivity index is 1.57. The third-order valence-electron chi connectivity index (χ3n) is 4.04. The second-order valence-electron chi connectivity index (χ2n) is 5.67. The van der Waals surface area contributed by atoms with Crippen LogP contribution >= 0.6 is 0 Å². The van der Waals surface area contributed by atoms with Gasteiger partial charge in [0.05, 0.1) is 17.7 Å². The highest BCUT2D eigenvalue weighted by molar-refractivity contribution is 6.01. The average Bonchev–Trinajstić information content (AvgIpc) is 2.61. The quantitative estimate of drug-likeness (QED) is 0.794. The number of aromatic nitrogens is 1. The van der Waals surface area contributed by atoms with Crippen LogP contribution in [0.15, 0.2) is 36.5 Å². The van der Waals surface area contributed by atoms with Crippen molar-refractivity contribution in [3.63, 3.8) is 0 Å². The minimum Gasteiger partial charge on any atom is -0.347 e. The Morgan fingerprint density at radius 2 is 1.96 bits per heavy atom. The van der Waals surface area contributed by atoms with Crippen LogP contribution in [0.3, 0.4) is 0 Å². The molecular weight excluding hydrogens is 292 g/mol. The van der Waals surface area contributed by atoms with Gasteiger partial charge in [-0.3, -0.25) is 14.6 Å². The van der Waals surface area contributed by atoms with Crippen LogP contribution in [0.4, 0.5) is 5.69 Å². The van der Waals surface area contributed by atoms with Gasteiger partial charge in [-0.2, -0.15) is 0 Å². The summed E-state index contributed by atoms with van der Waals surface area (Å²) in [6.07, 6.45) is 3.33. The zero-order valence-corrected chi connectivity index (χ0v) is 12.8. The maximum absolute atomic E-state index is 12.1. The van der Waals surface area contributed by atoms with E-state index in [2.05, 4.69) is 20.9 Å². The van der Waals surface area contributed by atoms with Crippen molar-refractivity contribution < 1.29 is 9.59 Å². The first-order valence-electron chi connectivity index (χ1n) is 7.86. The number of hydrogen-bond acceptors (Lipinski definition) is 4. The van der Waals surface area contributed by atoms with Gasteiger partial charge >= 0.3 is 0 Å². The van der Waals surface area contributed by atoms with E-state index in [-0.39, 0.29) is 24.3 Å². The predicted molar refractivity (Wildman–Crippen MR) is 89.0 cm³/mol. The molecule has 3 N–H and O–H groups in total. The summed E-state index contributed by atoms with van der Waals surface area (Å²) in [7, 11) is 0. The number of hydrogen-bond donors (Lipinski definition) is 3. The molecule has 1 aromatic carbocycles. The smallest absolute Gasteiger partial charge is 0.243 e. The first-order chi connectivity index (χ1) is 11.2. The molecule has 0 bridgehead atoms. The van der Waals surface area contributed by atoms with Gasteiger partial charge in [0.25, 0.3) is 0 Å². The molecule has 1 saturated heterocycles. The first-order valence-corrected chi connectivity index (χ1v) is 7.86. The monoisotopic (exact) mass is 312 g/mol. The second kappa shape index (κ2) is 7.19. The van der Waals surface area contributed by atoms with Gasteiger partial charge in [-0.15, -0.1) is 0 Å². The largest absolute Gasteiger partial charge is 0.347 e. The van der Waals surface area contributed by atoms with Gasteiger partial charge in [-0.05, 0) is 38.1 Å². The Bertz CT molecular complexity index is 705. The third-order valence-corrected chi connectivity index (χ3v) is 4.04. The van der Waals surface area contributed by atoms with Crippen molar-refractivity contribution in [1.82, 2.24) is 15.6 Å². The molecule has 2 aromatic rings. The molecule has 2 heterocycles. The topological polar surface area (TPSA) is 83.1 Å². The van der Waals surface area contributed by atoms with Crippen molar-refractivity contribution in [2.75, 3.05) is 25.0 Å². The zero-order chi connectivity index (χ0) is 16.1. The van der Waals surface area contributed by atoms with Crippen LogP contribution in [0.1, 0.15) is 12.8 Å². The lowest BCUT2D eigenvalue weighted by Gasteiger charge is -2.21. The van der Waals surface area contributed by atoms with E-state index in [0.29, 0.717) is 5.69 Å². The SMILES string of the molecule is O=C(CNC(=O)C1CCNCC1)Nc1cccc2cccnc12. The van der Waals surface area contributed by atoms with E-state index in [0.717, 1.165) is 36.8 Å². The fourth-order valence-electron chi connectivity index (χ4n) is 2.80. The van der Waals surface area contributed by atoms with Gasteiger partial charge < -0.3 is 16.0 Å². The van der Waals surface area contributed by atoms with Crippen molar-refractivity contribution in [3.05, 3.63) is 36.5 Å². The number of carbonyl (C=O) groups excluding carboxylic acids is 2. The first kappa shape index (κ1) is 15.4. The lowest BCUT2D eigenvalue weighted by atomic mass is 9.97. The Kier molecular flexibility index (Phi) is 4.83. The van der Waals surface area contributed by atoms with Crippen molar-refractivity contribution in [1.29, 1.82) is 0 Å². The van der Waals surface area contributed by atoms with E-state index in [9.17, 15) is 9.59 Å². The van der Waals surface area contributed by atoms with Crippen LogP contribution in [-0.4, -0.2) is 36.4 Å². The van der Waals surface area contributed by atoms with Crippen molar-refractivity contribution in [2.24, 2.45) is 5.92 Å². The number of benzene rings is 1. The summed E-state index contributed by atoms with van der Waals surface area (Å²) in [6.45, 7) is 1.68. The van der Waals surface area contributed by atoms with E-state index in [1.165, 1.54) is 0 Å². The molecule has 1 aliphatic heterocycles. The van der Waals surface area contributed by atoms with Gasteiger partial charge in [0.2, 0.25) is 11.8 Å². The van der Waals surface area contributed by atoms with Gasteiger partial charge in [-0.1, -0.05) is 18.2 Å². The molecule has 0 aliphatic carbocycles. The molecule has 2 amide bonds. The number of anilines is 1. The lowest BCUT2D eigenvalue weighted by molar-refractivity contribution is -0.127. The molecule has 0 radical (unpaired) electrons. The highest BCUT2D eigenvalue weighted by Crippen LogP contribution is 2.20. The molecule has 120 valence electrons.